The molecule has 0 aliphatic heterocycles. The first kappa shape index (κ1) is 15.1. The van der Waals surface area contributed by atoms with E-state index >= 15 is 0 Å². The van der Waals surface area contributed by atoms with Gasteiger partial charge in [0.2, 0.25) is 0 Å². The molecule has 0 fully saturated rings. The van der Waals surface area contributed by atoms with E-state index in [1.807, 2.05) is 0 Å². The number of benzene rings is 1. The van der Waals surface area contributed by atoms with Crippen LogP contribution in [0.1, 0.15) is 44.2 Å². The summed E-state index contributed by atoms with van der Waals surface area (Å²) in [6, 6.07) is 6.99. The Hall–Kier alpha value is -1.25. The zero-order chi connectivity index (χ0) is 15.0. The van der Waals surface area contributed by atoms with E-state index in [4.69, 9.17) is 5.14 Å². The van der Waals surface area contributed by atoms with Crippen LogP contribution < -0.4 is 5.14 Å². The van der Waals surface area contributed by atoms with E-state index in [9.17, 15) is 13.9 Å². The van der Waals surface area contributed by atoms with Crippen LogP contribution in [0.25, 0.3) is 0 Å². The third-order valence-corrected chi connectivity index (χ3v) is 5.35. The van der Waals surface area contributed by atoms with Crippen LogP contribution in [0, 0.1) is 17.1 Å². The van der Waals surface area contributed by atoms with Crippen LogP contribution in [0.4, 0.5) is 4.39 Å². The normalized spacial score (nSPS) is 23.8. The molecule has 0 aromatic heterocycles. The molecule has 2 rings (SSSR count). The topological polar surface area (TPSA) is 66.9 Å². The number of aryl methyl sites for hydroxylation is 1. The fourth-order valence-electron chi connectivity index (χ4n) is 3.09. The summed E-state index contributed by atoms with van der Waals surface area (Å²) in [6.45, 7) is 3.61. The van der Waals surface area contributed by atoms with Crippen molar-refractivity contribution in [2.45, 2.75) is 49.7 Å². The SMILES string of the molecule is CC(C)(C[C@@]1(C#N)CCCc2cc(F)ccc21)S(N)=O. The first-order chi connectivity index (χ1) is 9.31. The van der Waals surface area contributed by atoms with Crippen LogP contribution in [0.15, 0.2) is 18.2 Å². The number of halogens is 1. The van der Waals surface area contributed by atoms with Gasteiger partial charge in [0.25, 0.3) is 0 Å². The van der Waals surface area contributed by atoms with Gasteiger partial charge in [-0.15, -0.1) is 0 Å². The maximum absolute atomic E-state index is 13.4. The van der Waals surface area contributed by atoms with E-state index < -0.39 is 21.1 Å². The van der Waals surface area contributed by atoms with Crippen molar-refractivity contribution in [2.75, 3.05) is 0 Å². The van der Waals surface area contributed by atoms with E-state index in [2.05, 4.69) is 6.07 Å². The smallest absolute Gasteiger partial charge is 0.123 e. The molecule has 1 aromatic rings. The van der Waals surface area contributed by atoms with Crippen molar-refractivity contribution in [1.82, 2.24) is 0 Å². The molecule has 1 aliphatic rings. The maximum Gasteiger partial charge on any atom is 0.123 e. The Morgan fingerprint density at radius 2 is 2.25 bits per heavy atom. The molecule has 2 atom stereocenters. The van der Waals surface area contributed by atoms with Crippen molar-refractivity contribution < 1.29 is 8.60 Å². The van der Waals surface area contributed by atoms with Gasteiger partial charge in [-0.1, -0.05) is 6.07 Å². The van der Waals surface area contributed by atoms with Crippen LogP contribution in [0.5, 0.6) is 0 Å². The summed E-state index contributed by atoms with van der Waals surface area (Å²) in [7, 11) is -1.51. The summed E-state index contributed by atoms with van der Waals surface area (Å²) in [4.78, 5) is 0. The Morgan fingerprint density at radius 3 is 2.85 bits per heavy atom. The Morgan fingerprint density at radius 1 is 1.55 bits per heavy atom. The summed E-state index contributed by atoms with van der Waals surface area (Å²) in [5, 5.41) is 15.3. The van der Waals surface area contributed by atoms with Crippen molar-refractivity contribution in [2.24, 2.45) is 5.14 Å². The van der Waals surface area contributed by atoms with E-state index in [1.165, 1.54) is 12.1 Å². The number of nitriles is 1. The van der Waals surface area contributed by atoms with Crippen LogP contribution in [-0.4, -0.2) is 8.96 Å². The molecular weight excluding hydrogens is 275 g/mol. The van der Waals surface area contributed by atoms with E-state index in [0.29, 0.717) is 12.8 Å². The number of nitrogens with zero attached hydrogens (tertiary/aromatic N) is 1. The van der Waals surface area contributed by atoms with Crippen molar-refractivity contribution in [3.05, 3.63) is 35.1 Å². The minimum atomic E-state index is -1.51. The molecule has 1 aromatic carbocycles. The van der Waals surface area contributed by atoms with Crippen molar-refractivity contribution >= 4 is 11.0 Å². The summed E-state index contributed by atoms with van der Waals surface area (Å²) >= 11 is 0. The summed E-state index contributed by atoms with van der Waals surface area (Å²) < 4.78 is 24.4. The van der Waals surface area contributed by atoms with Gasteiger partial charge in [0.05, 0.1) is 27.2 Å². The quantitative estimate of drug-likeness (QED) is 0.931. The largest absolute Gasteiger partial charge is 0.251 e. The molecule has 0 spiro atoms. The third-order valence-electron chi connectivity index (χ3n) is 4.12. The molecule has 3 nitrogen and oxygen atoms in total. The summed E-state index contributed by atoms with van der Waals surface area (Å²) in [5.41, 5.74) is 1.03. The second kappa shape index (κ2) is 5.27. The predicted octanol–water partition coefficient (Wildman–Crippen LogP) is 2.71. The van der Waals surface area contributed by atoms with Crippen LogP contribution in [0.3, 0.4) is 0 Å². The molecule has 1 unspecified atom stereocenters. The number of hydrogen-bond donors (Lipinski definition) is 1. The molecule has 2 N–H and O–H groups in total. The van der Waals surface area contributed by atoms with E-state index in [0.717, 1.165) is 24.0 Å². The van der Waals surface area contributed by atoms with Gasteiger partial charge in [0.1, 0.15) is 5.82 Å². The molecule has 0 bridgehead atoms. The molecule has 20 heavy (non-hydrogen) atoms. The average Bonchev–Trinajstić information content (AvgIpc) is 2.37. The van der Waals surface area contributed by atoms with Crippen molar-refractivity contribution in [3.8, 4) is 6.07 Å². The second-order valence-electron chi connectivity index (χ2n) is 6.08. The van der Waals surface area contributed by atoms with Gasteiger partial charge < -0.3 is 0 Å². The third kappa shape index (κ3) is 2.63. The molecular formula is C15H19FN2OS. The summed E-state index contributed by atoms with van der Waals surface area (Å²) in [6.07, 6.45) is 2.72. The maximum atomic E-state index is 13.4. The standard InChI is InChI=1S/C15H19FN2OS/c1-14(2,20(18)19)9-15(10-17)7-3-4-11-8-12(16)5-6-13(11)15/h5-6,8H,3-4,7,9,18H2,1-2H3/t15-,20?/m1/s1. The molecule has 0 saturated carbocycles. The van der Waals surface area contributed by atoms with Gasteiger partial charge in [-0.2, -0.15) is 5.26 Å². The van der Waals surface area contributed by atoms with Gasteiger partial charge in [0.15, 0.2) is 0 Å². The van der Waals surface area contributed by atoms with Crippen LogP contribution in [-0.2, 0) is 22.8 Å². The Kier molecular flexibility index (Phi) is 3.99. The molecule has 0 radical (unpaired) electrons. The van der Waals surface area contributed by atoms with Gasteiger partial charge in [0, 0.05) is 0 Å². The lowest BCUT2D eigenvalue weighted by atomic mass is 9.67. The minimum absolute atomic E-state index is 0.279. The molecule has 1 aliphatic carbocycles. The Bertz CT molecular complexity index is 594. The van der Waals surface area contributed by atoms with E-state index in [-0.39, 0.29) is 5.82 Å². The van der Waals surface area contributed by atoms with Gasteiger partial charge >= 0.3 is 0 Å². The first-order valence-electron chi connectivity index (χ1n) is 6.67. The lowest BCUT2D eigenvalue weighted by Gasteiger charge is -2.38. The lowest BCUT2D eigenvalue weighted by molar-refractivity contribution is 0.381. The first-order valence-corrected chi connectivity index (χ1v) is 7.88. The average molecular weight is 294 g/mol. The molecule has 0 saturated heterocycles. The Balaban J connectivity index is 2.49. The molecule has 0 heterocycles. The van der Waals surface area contributed by atoms with Crippen molar-refractivity contribution in [3.63, 3.8) is 0 Å². The molecule has 0 amide bonds. The van der Waals surface area contributed by atoms with Crippen LogP contribution >= 0.6 is 0 Å². The fourth-order valence-corrected chi connectivity index (χ4v) is 3.48. The zero-order valence-corrected chi connectivity index (χ0v) is 12.6. The number of rotatable bonds is 3. The van der Waals surface area contributed by atoms with Gasteiger partial charge in [-0.25, -0.2) is 8.60 Å². The van der Waals surface area contributed by atoms with Crippen molar-refractivity contribution in [1.29, 1.82) is 5.26 Å². The highest BCUT2D eigenvalue weighted by molar-refractivity contribution is 7.84. The molecule has 5 heteroatoms. The number of nitrogens with two attached hydrogens (primary N) is 1. The van der Waals surface area contributed by atoms with E-state index in [1.54, 1.807) is 19.9 Å². The monoisotopic (exact) mass is 294 g/mol. The second-order valence-corrected chi connectivity index (χ2v) is 7.78. The van der Waals surface area contributed by atoms with Gasteiger partial charge in [-0.05, 0) is 62.8 Å². The highest BCUT2D eigenvalue weighted by atomic mass is 32.2. The molecule has 108 valence electrons. The minimum Gasteiger partial charge on any atom is -0.251 e. The zero-order valence-electron chi connectivity index (χ0n) is 11.8. The summed E-state index contributed by atoms with van der Waals surface area (Å²) in [5.74, 6) is -0.279. The fraction of sp³-hybridized carbons (Fsp3) is 0.533. The van der Waals surface area contributed by atoms with Gasteiger partial charge in [-0.3, -0.25) is 5.14 Å². The predicted molar refractivity (Wildman–Crippen MR) is 77.7 cm³/mol. The highest BCUT2D eigenvalue weighted by Gasteiger charge is 2.43. The lowest BCUT2D eigenvalue weighted by Crippen LogP contribution is -2.42. The Labute approximate surface area is 121 Å². The van der Waals surface area contributed by atoms with Crippen LogP contribution in [0.2, 0.25) is 0 Å². The highest BCUT2D eigenvalue weighted by Crippen LogP contribution is 2.43. The number of hydrogen-bond acceptors (Lipinski definition) is 2. The number of fused-ring (bicyclic) bond motifs is 1.